The van der Waals surface area contributed by atoms with Gasteiger partial charge < -0.3 is 10.0 Å². The molecule has 19 heavy (non-hydrogen) atoms. The lowest BCUT2D eigenvalue weighted by Gasteiger charge is -2.24. The first-order valence-electron chi connectivity index (χ1n) is 6.37. The first-order chi connectivity index (χ1) is 9.08. The zero-order valence-electron chi connectivity index (χ0n) is 10.9. The molecule has 6 heteroatoms. The zero-order valence-corrected chi connectivity index (χ0v) is 10.9. The van der Waals surface area contributed by atoms with E-state index in [2.05, 4.69) is 9.97 Å². The number of hydrogen-bond acceptors (Lipinski definition) is 4. The molecule has 1 atom stereocenters. The van der Waals surface area contributed by atoms with Gasteiger partial charge in [0.1, 0.15) is 0 Å². The lowest BCUT2D eigenvalue weighted by molar-refractivity contribution is -0.141. The summed E-state index contributed by atoms with van der Waals surface area (Å²) in [5.41, 5.74) is 1.61. The molecule has 1 N–H and O–H groups in total. The fourth-order valence-corrected chi connectivity index (χ4v) is 2.37. The zero-order chi connectivity index (χ0) is 13.8. The molecule has 102 valence electrons. The van der Waals surface area contributed by atoms with Crippen molar-refractivity contribution in [2.45, 2.75) is 38.6 Å². The minimum Gasteiger partial charge on any atom is -0.481 e. The van der Waals surface area contributed by atoms with E-state index < -0.39 is 5.97 Å². The number of carbonyl (C=O) groups is 2. The smallest absolute Gasteiger partial charge is 0.303 e. The number of amides is 1. The van der Waals surface area contributed by atoms with Crippen LogP contribution in [0.2, 0.25) is 0 Å². The number of likely N-dealkylation sites (tertiary alicyclic amines) is 1. The molecule has 1 amide bonds. The molecule has 2 rings (SSSR count). The van der Waals surface area contributed by atoms with Gasteiger partial charge in [-0.05, 0) is 19.8 Å². The molecule has 1 aliphatic heterocycles. The third-order valence-electron chi connectivity index (χ3n) is 3.24. The standard InChI is InChI=1S/C13H17N3O3/c1-9-7-14-8-10(15-9)11-3-2-6-16(11)12(17)4-5-13(18)19/h7-8,11H,2-6H2,1H3,(H,18,19). The van der Waals surface area contributed by atoms with Crippen LogP contribution in [0.25, 0.3) is 0 Å². The van der Waals surface area contributed by atoms with Crippen molar-refractivity contribution in [1.82, 2.24) is 14.9 Å². The van der Waals surface area contributed by atoms with E-state index in [1.54, 1.807) is 17.3 Å². The molecule has 0 radical (unpaired) electrons. The van der Waals surface area contributed by atoms with Crippen LogP contribution in [0.4, 0.5) is 0 Å². The third-order valence-corrected chi connectivity index (χ3v) is 3.24. The Balaban J connectivity index is 2.08. The number of aliphatic carboxylic acids is 1. The van der Waals surface area contributed by atoms with Crippen molar-refractivity contribution in [3.05, 3.63) is 23.8 Å². The molecule has 1 aromatic rings. The van der Waals surface area contributed by atoms with E-state index in [0.717, 1.165) is 24.2 Å². The molecule has 1 unspecified atom stereocenters. The number of rotatable bonds is 4. The number of carbonyl (C=O) groups excluding carboxylic acids is 1. The maximum absolute atomic E-state index is 12.0. The molecule has 1 saturated heterocycles. The second kappa shape index (κ2) is 5.77. The van der Waals surface area contributed by atoms with E-state index in [9.17, 15) is 9.59 Å². The molecule has 0 spiro atoms. The van der Waals surface area contributed by atoms with E-state index in [1.807, 2.05) is 6.92 Å². The quantitative estimate of drug-likeness (QED) is 0.885. The summed E-state index contributed by atoms with van der Waals surface area (Å²) in [6, 6.07) is -0.0614. The average Bonchev–Trinajstić information content (AvgIpc) is 2.85. The van der Waals surface area contributed by atoms with Gasteiger partial charge in [-0.2, -0.15) is 0 Å². The van der Waals surface area contributed by atoms with Gasteiger partial charge >= 0.3 is 5.97 Å². The van der Waals surface area contributed by atoms with Crippen molar-refractivity contribution in [3.63, 3.8) is 0 Å². The van der Waals surface area contributed by atoms with Crippen LogP contribution in [0.5, 0.6) is 0 Å². The Morgan fingerprint density at radius 1 is 1.42 bits per heavy atom. The average molecular weight is 263 g/mol. The Hall–Kier alpha value is -1.98. The largest absolute Gasteiger partial charge is 0.481 e. The third kappa shape index (κ3) is 3.27. The normalized spacial score (nSPS) is 18.6. The summed E-state index contributed by atoms with van der Waals surface area (Å²) in [7, 11) is 0. The summed E-state index contributed by atoms with van der Waals surface area (Å²) in [5.74, 6) is -1.06. The van der Waals surface area contributed by atoms with Crippen LogP contribution in [-0.4, -0.2) is 38.4 Å². The summed E-state index contributed by atoms with van der Waals surface area (Å²) in [5, 5.41) is 8.63. The fraction of sp³-hybridized carbons (Fsp3) is 0.538. The second-order valence-corrected chi connectivity index (χ2v) is 4.72. The molecule has 6 nitrogen and oxygen atoms in total. The number of nitrogens with zero attached hydrogens (tertiary/aromatic N) is 3. The molecular weight excluding hydrogens is 246 g/mol. The summed E-state index contributed by atoms with van der Waals surface area (Å²) in [6.07, 6.45) is 5.05. The van der Waals surface area contributed by atoms with Crippen LogP contribution in [0, 0.1) is 6.92 Å². The van der Waals surface area contributed by atoms with Crippen LogP contribution < -0.4 is 0 Å². The van der Waals surface area contributed by atoms with Gasteiger partial charge in [0.15, 0.2) is 0 Å². The second-order valence-electron chi connectivity index (χ2n) is 4.72. The van der Waals surface area contributed by atoms with Crippen molar-refractivity contribution in [3.8, 4) is 0 Å². The van der Waals surface area contributed by atoms with Crippen LogP contribution in [-0.2, 0) is 9.59 Å². The van der Waals surface area contributed by atoms with E-state index >= 15 is 0 Å². The fourth-order valence-electron chi connectivity index (χ4n) is 2.37. The first kappa shape index (κ1) is 13.5. The van der Waals surface area contributed by atoms with Crippen molar-refractivity contribution < 1.29 is 14.7 Å². The summed E-state index contributed by atoms with van der Waals surface area (Å²) in [4.78, 5) is 32.8. The molecule has 0 aromatic carbocycles. The van der Waals surface area contributed by atoms with Gasteiger partial charge in [0.25, 0.3) is 0 Å². The first-order valence-corrected chi connectivity index (χ1v) is 6.37. The highest BCUT2D eigenvalue weighted by atomic mass is 16.4. The predicted molar refractivity (Wildman–Crippen MR) is 67.3 cm³/mol. The molecule has 0 bridgehead atoms. The van der Waals surface area contributed by atoms with Crippen LogP contribution in [0.15, 0.2) is 12.4 Å². The summed E-state index contributed by atoms with van der Waals surface area (Å²) >= 11 is 0. The van der Waals surface area contributed by atoms with Crippen LogP contribution >= 0.6 is 0 Å². The molecule has 0 aliphatic carbocycles. The highest BCUT2D eigenvalue weighted by molar-refractivity contribution is 5.81. The molecular formula is C13H17N3O3. The molecule has 0 saturated carbocycles. The summed E-state index contributed by atoms with van der Waals surface area (Å²) < 4.78 is 0. The molecule has 2 heterocycles. The van der Waals surface area contributed by atoms with Gasteiger partial charge in [0.05, 0.1) is 30.0 Å². The SMILES string of the molecule is Cc1cncc(C2CCCN2C(=O)CCC(=O)O)n1. The molecule has 1 aliphatic rings. The summed E-state index contributed by atoms with van der Waals surface area (Å²) in [6.45, 7) is 2.53. The van der Waals surface area contributed by atoms with Gasteiger partial charge in [0, 0.05) is 19.2 Å². The number of carboxylic acids is 1. The molecule has 1 fully saturated rings. The minimum atomic E-state index is -0.945. The van der Waals surface area contributed by atoms with Crippen molar-refractivity contribution in [2.24, 2.45) is 0 Å². The van der Waals surface area contributed by atoms with Crippen LogP contribution in [0.3, 0.4) is 0 Å². The van der Waals surface area contributed by atoms with Gasteiger partial charge in [-0.15, -0.1) is 0 Å². The number of carboxylic acid groups (broad SMARTS) is 1. The van der Waals surface area contributed by atoms with Gasteiger partial charge in [-0.3, -0.25) is 19.6 Å². The van der Waals surface area contributed by atoms with Crippen molar-refractivity contribution in [1.29, 1.82) is 0 Å². The van der Waals surface area contributed by atoms with Crippen molar-refractivity contribution >= 4 is 11.9 Å². The van der Waals surface area contributed by atoms with Crippen molar-refractivity contribution in [2.75, 3.05) is 6.54 Å². The van der Waals surface area contributed by atoms with Gasteiger partial charge in [-0.25, -0.2) is 0 Å². The van der Waals surface area contributed by atoms with Crippen LogP contribution in [0.1, 0.15) is 43.1 Å². The minimum absolute atomic E-state index is 0.0467. The number of aryl methyl sites for hydroxylation is 1. The maximum Gasteiger partial charge on any atom is 0.303 e. The van der Waals surface area contributed by atoms with E-state index in [-0.39, 0.29) is 24.8 Å². The Morgan fingerprint density at radius 2 is 2.21 bits per heavy atom. The lowest BCUT2D eigenvalue weighted by atomic mass is 10.1. The van der Waals surface area contributed by atoms with Gasteiger partial charge in [0.2, 0.25) is 5.91 Å². The van der Waals surface area contributed by atoms with E-state index in [0.29, 0.717) is 6.54 Å². The van der Waals surface area contributed by atoms with Gasteiger partial charge in [-0.1, -0.05) is 0 Å². The lowest BCUT2D eigenvalue weighted by Crippen LogP contribution is -2.31. The predicted octanol–water partition coefficient (Wildman–Crippen LogP) is 1.31. The Morgan fingerprint density at radius 3 is 2.89 bits per heavy atom. The highest BCUT2D eigenvalue weighted by Gasteiger charge is 2.31. The number of aromatic nitrogens is 2. The maximum atomic E-state index is 12.0. The number of hydrogen-bond donors (Lipinski definition) is 1. The topological polar surface area (TPSA) is 83.4 Å². The Bertz CT molecular complexity index is 490. The molecule has 1 aromatic heterocycles. The Labute approximate surface area is 111 Å². The monoisotopic (exact) mass is 263 g/mol. The Kier molecular flexibility index (Phi) is 4.09. The van der Waals surface area contributed by atoms with E-state index in [1.165, 1.54) is 0 Å². The highest BCUT2D eigenvalue weighted by Crippen LogP contribution is 2.31. The van der Waals surface area contributed by atoms with E-state index in [4.69, 9.17) is 5.11 Å².